The van der Waals surface area contributed by atoms with Crippen molar-refractivity contribution in [3.05, 3.63) is 77.3 Å². The molecule has 8 heteroatoms. The van der Waals surface area contributed by atoms with Gasteiger partial charge in [0.2, 0.25) is 11.8 Å². The summed E-state index contributed by atoms with van der Waals surface area (Å²) in [4.78, 5) is 28.3. The number of rotatable bonds is 8. The Balaban J connectivity index is 1.57. The summed E-state index contributed by atoms with van der Waals surface area (Å²) in [6.45, 7) is 1.78. The molecule has 1 aromatic heterocycles. The predicted molar refractivity (Wildman–Crippen MR) is 115 cm³/mol. The summed E-state index contributed by atoms with van der Waals surface area (Å²) in [6, 6.07) is 13.7. The zero-order chi connectivity index (χ0) is 21.5. The largest absolute Gasteiger partial charge is 0.486 e. The summed E-state index contributed by atoms with van der Waals surface area (Å²) < 4.78 is 7.60. The van der Waals surface area contributed by atoms with Gasteiger partial charge in [-0.2, -0.15) is 0 Å². The maximum atomic E-state index is 12.5. The van der Waals surface area contributed by atoms with E-state index in [1.54, 1.807) is 54.7 Å². The molecular formula is C22H23ClN4O3. The summed E-state index contributed by atoms with van der Waals surface area (Å²) in [5.41, 5.74) is 1.45. The average Bonchev–Trinajstić information content (AvgIpc) is 3.12. The number of hydrogen-bond acceptors (Lipinski definition) is 4. The Hall–Kier alpha value is -3.32. The van der Waals surface area contributed by atoms with E-state index in [9.17, 15) is 9.59 Å². The molecule has 0 saturated heterocycles. The fourth-order valence-electron chi connectivity index (χ4n) is 2.91. The lowest BCUT2D eigenvalue weighted by Gasteiger charge is -2.18. The van der Waals surface area contributed by atoms with Gasteiger partial charge in [-0.3, -0.25) is 9.59 Å². The molecule has 3 rings (SSSR count). The Morgan fingerprint density at radius 2 is 1.83 bits per heavy atom. The van der Waals surface area contributed by atoms with Crippen LogP contribution in [0.4, 0.5) is 5.69 Å². The van der Waals surface area contributed by atoms with E-state index >= 15 is 0 Å². The molecular weight excluding hydrogens is 404 g/mol. The highest BCUT2D eigenvalue weighted by Gasteiger charge is 2.17. The van der Waals surface area contributed by atoms with Gasteiger partial charge in [0.05, 0.1) is 12.5 Å². The normalized spacial score (nSPS) is 11.6. The lowest BCUT2D eigenvalue weighted by atomic mass is 10.0. The van der Waals surface area contributed by atoms with Gasteiger partial charge in [0.1, 0.15) is 18.2 Å². The van der Waals surface area contributed by atoms with Crippen molar-refractivity contribution in [2.45, 2.75) is 26.0 Å². The molecule has 0 aliphatic heterocycles. The van der Waals surface area contributed by atoms with Crippen LogP contribution < -0.4 is 15.4 Å². The molecule has 0 aliphatic rings. The van der Waals surface area contributed by atoms with E-state index in [1.165, 1.54) is 6.92 Å². The summed E-state index contributed by atoms with van der Waals surface area (Å²) in [7, 11) is 1.91. The smallest absolute Gasteiger partial charge is 0.226 e. The summed E-state index contributed by atoms with van der Waals surface area (Å²) in [5, 5.41) is 6.24. The van der Waals surface area contributed by atoms with Crippen molar-refractivity contribution >= 4 is 29.1 Å². The third-order valence-electron chi connectivity index (χ3n) is 4.47. The lowest BCUT2D eigenvalue weighted by Crippen LogP contribution is -2.29. The van der Waals surface area contributed by atoms with Crippen LogP contribution in [-0.2, 0) is 23.2 Å². The number of carbonyl (C=O) groups is 2. The highest BCUT2D eigenvalue weighted by Crippen LogP contribution is 2.21. The first-order valence-corrected chi connectivity index (χ1v) is 9.80. The van der Waals surface area contributed by atoms with Crippen molar-refractivity contribution < 1.29 is 14.3 Å². The second-order valence-electron chi connectivity index (χ2n) is 6.82. The Morgan fingerprint density at radius 1 is 1.13 bits per heavy atom. The van der Waals surface area contributed by atoms with Gasteiger partial charge in [-0.05, 0) is 42.0 Å². The number of amides is 2. The Bertz CT molecular complexity index is 1000. The van der Waals surface area contributed by atoms with Crippen LogP contribution in [0.2, 0.25) is 5.02 Å². The van der Waals surface area contributed by atoms with Crippen molar-refractivity contribution in [1.82, 2.24) is 14.9 Å². The van der Waals surface area contributed by atoms with Crippen LogP contribution in [0, 0.1) is 0 Å². The van der Waals surface area contributed by atoms with E-state index in [0.29, 0.717) is 23.1 Å². The molecule has 1 heterocycles. The molecule has 30 heavy (non-hydrogen) atoms. The van der Waals surface area contributed by atoms with Gasteiger partial charge in [0.15, 0.2) is 0 Å². The van der Waals surface area contributed by atoms with Crippen LogP contribution >= 0.6 is 11.6 Å². The SMILES string of the molecule is CC(=O)NC(CC(=O)Nc1ccc(OCc2nccn2C)cc1)c1ccc(Cl)cc1. The number of aryl methyl sites for hydroxylation is 1. The molecule has 2 amide bonds. The fourth-order valence-corrected chi connectivity index (χ4v) is 3.03. The van der Waals surface area contributed by atoms with E-state index in [4.69, 9.17) is 16.3 Å². The number of imidazole rings is 1. The number of anilines is 1. The Labute approximate surface area is 180 Å². The van der Waals surface area contributed by atoms with Gasteiger partial charge in [-0.1, -0.05) is 23.7 Å². The van der Waals surface area contributed by atoms with Gasteiger partial charge < -0.3 is 19.9 Å². The minimum atomic E-state index is -0.444. The number of benzene rings is 2. The van der Waals surface area contributed by atoms with E-state index in [0.717, 1.165) is 11.4 Å². The molecule has 0 saturated carbocycles. The third-order valence-corrected chi connectivity index (χ3v) is 4.72. The number of hydrogen-bond donors (Lipinski definition) is 2. The van der Waals surface area contributed by atoms with E-state index < -0.39 is 6.04 Å². The Kier molecular flexibility index (Phi) is 7.08. The molecule has 3 aromatic rings. The second kappa shape index (κ2) is 9.93. The van der Waals surface area contributed by atoms with E-state index in [2.05, 4.69) is 15.6 Å². The van der Waals surface area contributed by atoms with Crippen LogP contribution in [0.5, 0.6) is 5.75 Å². The molecule has 7 nitrogen and oxygen atoms in total. The first kappa shape index (κ1) is 21.4. The molecule has 2 N–H and O–H groups in total. The number of halogens is 1. The van der Waals surface area contributed by atoms with Crippen molar-refractivity contribution in [1.29, 1.82) is 0 Å². The van der Waals surface area contributed by atoms with Crippen molar-refractivity contribution in [3.63, 3.8) is 0 Å². The summed E-state index contributed by atoms with van der Waals surface area (Å²) >= 11 is 5.93. The van der Waals surface area contributed by atoms with Gasteiger partial charge in [0.25, 0.3) is 0 Å². The van der Waals surface area contributed by atoms with Crippen LogP contribution in [0.25, 0.3) is 0 Å². The van der Waals surface area contributed by atoms with Gasteiger partial charge >= 0.3 is 0 Å². The number of nitrogens with one attached hydrogen (secondary N) is 2. The van der Waals surface area contributed by atoms with Gasteiger partial charge in [-0.25, -0.2) is 4.98 Å². The maximum Gasteiger partial charge on any atom is 0.226 e. The van der Waals surface area contributed by atoms with Gasteiger partial charge in [-0.15, -0.1) is 0 Å². The predicted octanol–water partition coefficient (Wildman–Crippen LogP) is 3.86. The first-order chi connectivity index (χ1) is 14.4. The third kappa shape index (κ3) is 6.09. The highest BCUT2D eigenvalue weighted by molar-refractivity contribution is 6.30. The quantitative estimate of drug-likeness (QED) is 0.572. The molecule has 2 aromatic carbocycles. The highest BCUT2D eigenvalue weighted by atomic mass is 35.5. The number of carbonyl (C=O) groups excluding carboxylic acids is 2. The molecule has 1 unspecified atom stereocenters. The Morgan fingerprint density at radius 3 is 2.43 bits per heavy atom. The maximum absolute atomic E-state index is 12.5. The molecule has 0 aliphatic carbocycles. The molecule has 0 bridgehead atoms. The minimum absolute atomic E-state index is 0.0959. The zero-order valence-electron chi connectivity index (χ0n) is 16.8. The van der Waals surface area contributed by atoms with Crippen molar-refractivity contribution in [2.24, 2.45) is 7.05 Å². The molecule has 0 radical (unpaired) electrons. The standard InChI is InChI=1S/C22H23ClN4O3/c1-15(28)25-20(16-3-5-17(23)6-4-16)13-22(29)26-18-7-9-19(10-8-18)30-14-21-24-11-12-27(21)2/h3-12,20H,13-14H2,1-2H3,(H,25,28)(H,26,29). The monoisotopic (exact) mass is 426 g/mol. The van der Waals surface area contributed by atoms with Crippen LogP contribution in [0.3, 0.4) is 0 Å². The summed E-state index contributed by atoms with van der Waals surface area (Å²) in [6.07, 6.45) is 3.67. The van der Waals surface area contributed by atoms with Crippen LogP contribution in [0.1, 0.15) is 30.8 Å². The summed E-state index contributed by atoms with van der Waals surface area (Å²) in [5.74, 6) is 1.06. The fraction of sp³-hybridized carbons (Fsp3) is 0.227. The van der Waals surface area contributed by atoms with Gasteiger partial charge in [0, 0.05) is 37.1 Å². The molecule has 0 fully saturated rings. The number of aromatic nitrogens is 2. The van der Waals surface area contributed by atoms with Crippen LogP contribution in [-0.4, -0.2) is 21.4 Å². The topological polar surface area (TPSA) is 85.2 Å². The average molecular weight is 427 g/mol. The van der Waals surface area contributed by atoms with Crippen LogP contribution in [0.15, 0.2) is 60.9 Å². The lowest BCUT2D eigenvalue weighted by molar-refractivity contribution is -0.120. The van der Waals surface area contributed by atoms with E-state index in [1.807, 2.05) is 17.8 Å². The number of ether oxygens (including phenoxy) is 1. The molecule has 156 valence electrons. The van der Waals surface area contributed by atoms with Crippen molar-refractivity contribution in [3.8, 4) is 5.75 Å². The second-order valence-corrected chi connectivity index (χ2v) is 7.26. The zero-order valence-corrected chi connectivity index (χ0v) is 17.5. The number of nitrogens with zero attached hydrogens (tertiary/aromatic N) is 2. The van der Waals surface area contributed by atoms with E-state index in [-0.39, 0.29) is 18.2 Å². The molecule has 1 atom stereocenters. The first-order valence-electron chi connectivity index (χ1n) is 9.42. The molecule has 0 spiro atoms. The minimum Gasteiger partial charge on any atom is -0.486 e. The van der Waals surface area contributed by atoms with Crippen molar-refractivity contribution in [2.75, 3.05) is 5.32 Å².